The average Bonchev–Trinajstić information content (AvgIpc) is 3.36. The standard InChI is InChI=1S/C33H24Cl2FIN2O5/c1-33-23(30(42)39(32(33)44)18-7-10-25(36)24(35)13-18)14-21-19(28(33)22-12-15(34)2-11-26(22)40)8-9-20-27(21)31(43)38(29(20)41)17-5-3-16(37)4-6-17/h2-8,10-13,20-21,23,27-28,40H,9,14H2,1H3. The van der Waals surface area contributed by atoms with Crippen molar-refractivity contribution in [2.24, 2.45) is 29.1 Å². The van der Waals surface area contributed by atoms with Crippen LogP contribution in [0.4, 0.5) is 15.8 Å². The van der Waals surface area contributed by atoms with Crippen LogP contribution in [0.1, 0.15) is 31.2 Å². The van der Waals surface area contributed by atoms with Crippen molar-refractivity contribution >= 4 is 80.8 Å². The van der Waals surface area contributed by atoms with Crippen molar-refractivity contribution < 1.29 is 28.7 Å². The van der Waals surface area contributed by atoms with Gasteiger partial charge in [0.25, 0.3) is 0 Å². The van der Waals surface area contributed by atoms with Crippen LogP contribution in [0.5, 0.6) is 5.75 Å². The summed E-state index contributed by atoms with van der Waals surface area (Å²) in [6.45, 7) is 1.69. The van der Waals surface area contributed by atoms with Crippen LogP contribution in [0.3, 0.4) is 0 Å². The van der Waals surface area contributed by atoms with Gasteiger partial charge in [-0.05, 0) is 109 Å². The van der Waals surface area contributed by atoms with Gasteiger partial charge in [-0.3, -0.25) is 24.1 Å². The van der Waals surface area contributed by atoms with Crippen LogP contribution in [0.2, 0.25) is 10.0 Å². The molecule has 0 bridgehead atoms. The molecule has 4 amide bonds. The van der Waals surface area contributed by atoms with Crippen LogP contribution < -0.4 is 9.80 Å². The van der Waals surface area contributed by atoms with Crippen molar-refractivity contribution in [1.82, 2.24) is 0 Å². The summed E-state index contributed by atoms with van der Waals surface area (Å²) in [4.78, 5) is 58.7. The van der Waals surface area contributed by atoms with E-state index < -0.39 is 52.6 Å². The summed E-state index contributed by atoms with van der Waals surface area (Å²) in [5, 5.41) is 11.2. The zero-order valence-electron chi connectivity index (χ0n) is 23.1. The predicted molar refractivity (Wildman–Crippen MR) is 171 cm³/mol. The highest BCUT2D eigenvalue weighted by molar-refractivity contribution is 14.1. The Hall–Kier alpha value is -3.28. The molecule has 44 heavy (non-hydrogen) atoms. The number of carbonyl (C=O) groups is 4. The van der Waals surface area contributed by atoms with Gasteiger partial charge < -0.3 is 5.11 Å². The Kier molecular flexibility index (Phi) is 6.95. The number of nitrogens with zero attached hydrogens (tertiary/aromatic N) is 2. The second-order valence-corrected chi connectivity index (χ2v) is 14.0. The number of amides is 4. The third-order valence-electron chi connectivity index (χ3n) is 9.82. The van der Waals surface area contributed by atoms with E-state index in [1.807, 2.05) is 18.2 Å². The molecule has 3 aromatic rings. The average molecular weight is 745 g/mol. The van der Waals surface area contributed by atoms with E-state index in [1.165, 1.54) is 29.2 Å². The molecule has 6 atom stereocenters. The van der Waals surface area contributed by atoms with Crippen molar-refractivity contribution in [1.29, 1.82) is 0 Å². The Labute approximate surface area is 275 Å². The van der Waals surface area contributed by atoms with Crippen LogP contribution in [-0.2, 0) is 19.2 Å². The van der Waals surface area contributed by atoms with Crippen LogP contribution in [0.25, 0.3) is 0 Å². The number of allylic oxidation sites excluding steroid dienone is 2. The number of fused-ring (bicyclic) bond motifs is 4. The first kappa shape index (κ1) is 29.4. The summed E-state index contributed by atoms with van der Waals surface area (Å²) < 4.78 is 15.0. The Bertz CT molecular complexity index is 1830. The van der Waals surface area contributed by atoms with Crippen molar-refractivity contribution in [2.45, 2.75) is 25.7 Å². The van der Waals surface area contributed by atoms with Crippen LogP contribution in [0, 0.1) is 38.5 Å². The lowest BCUT2D eigenvalue weighted by atomic mass is 9.51. The molecular weight excluding hydrogens is 721 g/mol. The van der Waals surface area contributed by atoms with Crippen molar-refractivity contribution in [2.75, 3.05) is 9.80 Å². The first-order valence-corrected chi connectivity index (χ1v) is 15.9. The van der Waals surface area contributed by atoms with E-state index in [1.54, 1.807) is 25.1 Å². The van der Waals surface area contributed by atoms with E-state index in [0.717, 1.165) is 14.5 Å². The molecule has 2 heterocycles. The van der Waals surface area contributed by atoms with Gasteiger partial charge in [0.05, 0.1) is 39.6 Å². The van der Waals surface area contributed by atoms with E-state index in [2.05, 4.69) is 22.6 Å². The molecule has 0 radical (unpaired) electrons. The van der Waals surface area contributed by atoms with Gasteiger partial charge in [-0.2, -0.15) is 0 Å². The maximum atomic E-state index is 14.4. The number of anilines is 2. The van der Waals surface area contributed by atoms with Gasteiger partial charge in [-0.1, -0.05) is 34.9 Å². The fourth-order valence-corrected chi connectivity index (χ4v) is 8.55. The number of rotatable bonds is 3. The number of halogens is 4. The highest BCUT2D eigenvalue weighted by Gasteiger charge is 2.68. The number of aromatic hydroxyl groups is 1. The monoisotopic (exact) mass is 744 g/mol. The van der Waals surface area contributed by atoms with Gasteiger partial charge in [0.1, 0.15) is 11.6 Å². The smallest absolute Gasteiger partial charge is 0.241 e. The van der Waals surface area contributed by atoms with Crippen molar-refractivity contribution in [3.05, 3.63) is 97.3 Å². The minimum absolute atomic E-state index is 0.110. The quantitative estimate of drug-likeness (QED) is 0.179. The summed E-state index contributed by atoms with van der Waals surface area (Å²) in [5.41, 5.74) is 0.283. The van der Waals surface area contributed by atoms with E-state index >= 15 is 0 Å². The van der Waals surface area contributed by atoms with Gasteiger partial charge in [-0.15, -0.1) is 0 Å². The van der Waals surface area contributed by atoms with Gasteiger partial charge in [0, 0.05) is 20.1 Å². The minimum atomic E-state index is -1.39. The third-order valence-corrected chi connectivity index (χ3v) is 11.1. The molecule has 0 spiro atoms. The summed E-state index contributed by atoms with van der Waals surface area (Å²) in [7, 11) is 0. The minimum Gasteiger partial charge on any atom is -0.508 e. The largest absolute Gasteiger partial charge is 0.508 e. The summed E-state index contributed by atoms with van der Waals surface area (Å²) in [5.74, 6) is -6.21. The van der Waals surface area contributed by atoms with Crippen LogP contribution in [0.15, 0.2) is 72.3 Å². The van der Waals surface area contributed by atoms with E-state index in [4.69, 9.17) is 23.2 Å². The molecule has 3 fully saturated rings. The molecule has 1 N–H and O–H groups in total. The fraction of sp³-hybridized carbons (Fsp3) is 0.273. The topological polar surface area (TPSA) is 95.0 Å². The maximum Gasteiger partial charge on any atom is 0.241 e. The third kappa shape index (κ3) is 4.11. The number of hydrogen-bond donors (Lipinski definition) is 1. The molecule has 2 aliphatic carbocycles. The summed E-state index contributed by atoms with van der Waals surface area (Å²) in [6, 6.07) is 15.3. The van der Waals surface area contributed by atoms with Gasteiger partial charge >= 0.3 is 0 Å². The maximum absolute atomic E-state index is 14.4. The molecule has 2 saturated heterocycles. The predicted octanol–water partition coefficient (Wildman–Crippen LogP) is 6.88. The van der Waals surface area contributed by atoms with Gasteiger partial charge in [0.2, 0.25) is 23.6 Å². The number of phenolic OH excluding ortho intramolecular Hbond substituents is 1. The first-order chi connectivity index (χ1) is 20.9. The van der Waals surface area contributed by atoms with Gasteiger partial charge in [-0.25, -0.2) is 9.29 Å². The number of imide groups is 2. The first-order valence-electron chi connectivity index (χ1n) is 14.1. The second-order valence-electron chi connectivity index (χ2n) is 12.0. The van der Waals surface area contributed by atoms with Crippen LogP contribution in [-0.4, -0.2) is 28.7 Å². The lowest BCUT2D eigenvalue weighted by Crippen LogP contribution is -2.48. The number of phenols is 1. The Balaban J connectivity index is 1.38. The molecule has 4 aliphatic rings. The number of benzene rings is 3. The van der Waals surface area contributed by atoms with E-state index in [0.29, 0.717) is 21.8 Å². The summed E-state index contributed by atoms with van der Waals surface area (Å²) in [6.07, 6.45) is 2.30. The van der Waals surface area contributed by atoms with Gasteiger partial charge in [0.15, 0.2) is 0 Å². The molecule has 11 heteroatoms. The van der Waals surface area contributed by atoms with Crippen molar-refractivity contribution in [3.8, 4) is 5.75 Å². The molecule has 1 saturated carbocycles. The molecule has 224 valence electrons. The summed E-state index contributed by atoms with van der Waals surface area (Å²) >= 11 is 14.6. The second kappa shape index (κ2) is 10.4. The highest BCUT2D eigenvalue weighted by Crippen LogP contribution is 2.64. The van der Waals surface area contributed by atoms with Crippen molar-refractivity contribution in [3.63, 3.8) is 0 Å². The van der Waals surface area contributed by atoms with E-state index in [9.17, 15) is 28.7 Å². The zero-order valence-corrected chi connectivity index (χ0v) is 26.8. The molecule has 7 rings (SSSR count). The number of carbonyl (C=O) groups excluding carboxylic acids is 4. The van der Waals surface area contributed by atoms with E-state index in [-0.39, 0.29) is 41.1 Å². The SMILES string of the molecule is CC12C(=O)N(c3ccc(F)c(Cl)c3)C(=O)C1CC1C(=CCC3C(=O)N(c4ccc(I)cc4)C(=O)C31)C2c1cc(Cl)ccc1O. The molecule has 6 unspecified atom stereocenters. The normalized spacial score (nSPS) is 29.5. The Morgan fingerprint density at radius 2 is 1.59 bits per heavy atom. The number of hydrogen-bond acceptors (Lipinski definition) is 5. The molecule has 2 aliphatic heterocycles. The Morgan fingerprint density at radius 3 is 2.30 bits per heavy atom. The molecular formula is C33H24Cl2FIN2O5. The highest BCUT2D eigenvalue weighted by atomic mass is 127. The lowest BCUT2D eigenvalue weighted by molar-refractivity contribution is -0.131. The molecule has 7 nitrogen and oxygen atoms in total. The van der Waals surface area contributed by atoms with Crippen LogP contribution >= 0.6 is 45.8 Å². The molecule has 3 aromatic carbocycles. The molecule has 0 aromatic heterocycles. The zero-order chi connectivity index (χ0) is 31.2. The fourth-order valence-electron chi connectivity index (χ4n) is 7.83. The lowest BCUT2D eigenvalue weighted by Gasteiger charge is -2.49. The Morgan fingerprint density at radius 1 is 0.886 bits per heavy atom.